The van der Waals surface area contributed by atoms with E-state index in [2.05, 4.69) is 5.32 Å². The van der Waals surface area contributed by atoms with Crippen LogP contribution in [0, 0.1) is 5.82 Å². The van der Waals surface area contributed by atoms with Crippen LogP contribution in [0.4, 0.5) is 10.1 Å². The molecule has 1 amide bonds. The number of hydrogen-bond donors (Lipinski definition) is 1. The Labute approximate surface area is 151 Å². The minimum Gasteiger partial charge on any atom is -0.482 e. The van der Waals surface area contributed by atoms with Crippen LogP contribution in [0.15, 0.2) is 42.5 Å². The second kappa shape index (κ2) is 7.99. The number of carbonyl (C=O) groups excluding carboxylic acids is 2. The number of ether oxygens (including phenoxy) is 2. The maximum Gasteiger partial charge on any atom is 0.344 e. The molecule has 1 aliphatic carbocycles. The second-order valence-electron chi connectivity index (χ2n) is 6.20. The smallest absolute Gasteiger partial charge is 0.344 e. The van der Waals surface area contributed by atoms with Crippen LogP contribution in [0.2, 0.25) is 0 Å². The zero-order chi connectivity index (χ0) is 18.5. The number of fused-ring (bicyclic) bond motifs is 1. The van der Waals surface area contributed by atoms with Gasteiger partial charge in [0.15, 0.2) is 12.7 Å². The van der Waals surface area contributed by atoms with Gasteiger partial charge in [0.25, 0.3) is 5.91 Å². The lowest BCUT2D eigenvalue weighted by molar-refractivity contribution is -0.155. The average Bonchev–Trinajstić information content (AvgIpc) is 3.09. The van der Waals surface area contributed by atoms with Crippen molar-refractivity contribution in [2.75, 3.05) is 11.9 Å². The molecule has 6 heteroatoms. The third kappa shape index (κ3) is 4.59. The molecule has 1 aliphatic rings. The first-order valence-electron chi connectivity index (χ1n) is 8.52. The average molecular weight is 357 g/mol. The van der Waals surface area contributed by atoms with E-state index in [4.69, 9.17) is 9.47 Å². The molecule has 2 aromatic rings. The zero-order valence-corrected chi connectivity index (χ0v) is 14.5. The molecule has 2 aromatic carbocycles. The topological polar surface area (TPSA) is 64.6 Å². The lowest BCUT2D eigenvalue weighted by Crippen LogP contribution is -2.31. The van der Waals surface area contributed by atoms with Gasteiger partial charge in [0.05, 0.1) is 0 Å². The third-order valence-electron chi connectivity index (χ3n) is 4.21. The maximum absolute atomic E-state index is 12.8. The van der Waals surface area contributed by atoms with Crippen LogP contribution in [0.1, 0.15) is 24.5 Å². The van der Waals surface area contributed by atoms with Gasteiger partial charge < -0.3 is 14.8 Å². The van der Waals surface area contributed by atoms with Crippen LogP contribution in [0.25, 0.3) is 0 Å². The highest BCUT2D eigenvalue weighted by Crippen LogP contribution is 2.25. The molecular weight excluding hydrogens is 337 g/mol. The summed E-state index contributed by atoms with van der Waals surface area (Å²) in [6, 6.07) is 11.1. The third-order valence-corrected chi connectivity index (χ3v) is 4.21. The largest absolute Gasteiger partial charge is 0.482 e. The Kier molecular flexibility index (Phi) is 5.51. The first-order chi connectivity index (χ1) is 12.5. The molecule has 0 radical (unpaired) electrons. The summed E-state index contributed by atoms with van der Waals surface area (Å²) in [7, 11) is 0. The fourth-order valence-electron chi connectivity index (χ4n) is 2.85. The molecule has 1 N–H and O–H groups in total. The van der Waals surface area contributed by atoms with E-state index in [1.54, 1.807) is 0 Å². The molecule has 0 spiro atoms. The standard InChI is InChI=1S/C20H20FNO4/c1-13(26-19(23)12-25-18-9-6-16(21)7-10-18)20(24)22-17-8-5-14-3-2-4-15(14)11-17/h5-11,13H,2-4,12H2,1H3,(H,22,24)/t13-/m1/s1. The molecule has 0 unspecified atom stereocenters. The van der Waals surface area contributed by atoms with Crippen LogP contribution in [-0.2, 0) is 27.2 Å². The molecule has 0 fully saturated rings. The van der Waals surface area contributed by atoms with Gasteiger partial charge in [-0.15, -0.1) is 0 Å². The first-order valence-corrected chi connectivity index (χ1v) is 8.52. The van der Waals surface area contributed by atoms with Crippen LogP contribution in [0.5, 0.6) is 5.75 Å². The Morgan fingerprint density at radius 1 is 1.12 bits per heavy atom. The maximum atomic E-state index is 12.8. The molecule has 26 heavy (non-hydrogen) atoms. The number of aryl methyl sites for hydroxylation is 2. The Balaban J connectivity index is 1.47. The predicted molar refractivity (Wildman–Crippen MR) is 94.5 cm³/mol. The van der Waals surface area contributed by atoms with Crippen LogP contribution >= 0.6 is 0 Å². The molecule has 0 aromatic heterocycles. The fourth-order valence-corrected chi connectivity index (χ4v) is 2.85. The predicted octanol–water partition coefficient (Wildman–Crippen LogP) is 3.26. The number of benzene rings is 2. The van der Waals surface area contributed by atoms with Gasteiger partial charge in [-0.25, -0.2) is 9.18 Å². The summed E-state index contributed by atoms with van der Waals surface area (Å²) < 4.78 is 23.1. The molecule has 0 aliphatic heterocycles. The molecule has 0 saturated carbocycles. The van der Waals surface area contributed by atoms with E-state index in [1.165, 1.54) is 42.3 Å². The second-order valence-corrected chi connectivity index (χ2v) is 6.20. The zero-order valence-electron chi connectivity index (χ0n) is 14.5. The number of anilines is 1. The van der Waals surface area contributed by atoms with Crippen LogP contribution in [-0.4, -0.2) is 24.6 Å². The number of esters is 1. The first kappa shape index (κ1) is 17.9. The highest BCUT2D eigenvalue weighted by molar-refractivity contribution is 5.95. The van der Waals surface area contributed by atoms with Crippen LogP contribution < -0.4 is 10.1 Å². The summed E-state index contributed by atoms with van der Waals surface area (Å²) in [5.41, 5.74) is 3.27. The Morgan fingerprint density at radius 3 is 2.62 bits per heavy atom. The summed E-state index contributed by atoms with van der Waals surface area (Å²) in [4.78, 5) is 24.0. The highest BCUT2D eigenvalue weighted by atomic mass is 19.1. The summed E-state index contributed by atoms with van der Waals surface area (Å²) in [5.74, 6) is -1.13. The van der Waals surface area contributed by atoms with Crippen molar-refractivity contribution in [2.45, 2.75) is 32.3 Å². The number of amides is 1. The van der Waals surface area contributed by atoms with Crippen molar-refractivity contribution in [2.24, 2.45) is 0 Å². The normalized spacial score (nSPS) is 13.6. The van der Waals surface area contributed by atoms with Crippen molar-refractivity contribution in [1.82, 2.24) is 0 Å². The lowest BCUT2D eigenvalue weighted by atomic mass is 10.1. The van der Waals surface area contributed by atoms with E-state index in [1.807, 2.05) is 18.2 Å². The van der Waals surface area contributed by atoms with Gasteiger partial charge in [0, 0.05) is 5.69 Å². The highest BCUT2D eigenvalue weighted by Gasteiger charge is 2.19. The number of rotatable bonds is 6. The molecule has 5 nitrogen and oxygen atoms in total. The number of hydrogen-bond acceptors (Lipinski definition) is 4. The number of nitrogens with one attached hydrogen (secondary N) is 1. The summed E-state index contributed by atoms with van der Waals surface area (Å²) >= 11 is 0. The van der Waals surface area contributed by atoms with Gasteiger partial charge in [-0.2, -0.15) is 0 Å². The number of halogens is 1. The van der Waals surface area contributed by atoms with Gasteiger partial charge in [-0.1, -0.05) is 6.07 Å². The summed E-state index contributed by atoms with van der Waals surface area (Å²) in [6.07, 6.45) is 2.28. The lowest BCUT2D eigenvalue weighted by Gasteiger charge is -2.14. The Hall–Kier alpha value is -2.89. The van der Waals surface area contributed by atoms with E-state index in [-0.39, 0.29) is 6.61 Å². The SMILES string of the molecule is C[C@@H](OC(=O)COc1ccc(F)cc1)C(=O)Nc1ccc2c(c1)CCC2. The molecule has 0 bridgehead atoms. The van der Waals surface area contributed by atoms with Crippen molar-refractivity contribution in [3.05, 3.63) is 59.4 Å². The van der Waals surface area contributed by atoms with E-state index >= 15 is 0 Å². The van der Waals surface area contributed by atoms with Gasteiger partial charge in [0.1, 0.15) is 11.6 Å². The molecular formula is C20H20FNO4. The molecule has 136 valence electrons. The minimum absolute atomic E-state index is 0.346. The summed E-state index contributed by atoms with van der Waals surface area (Å²) in [6.45, 7) is 1.14. The van der Waals surface area contributed by atoms with Gasteiger partial charge in [-0.05, 0) is 73.7 Å². The quantitative estimate of drug-likeness (QED) is 0.806. The van der Waals surface area contributed by atoms with E-state index in [0.29, 0.717) is 11.4 Å². The van der Waals surface area contributed by atoms with Crippen LogP contribution in [0.3, 0.4) is 0 Å². The molecule has 3 rings (SSSR count). The van der Waals surface area contributed by atoms with E-state index in [9.17, 15) is 14.0 Å². The van der Waals surface area contributed by atoms with E-state index in [0.717, 1.165) is 19.3 Å². The van der Waals surface area contributed by atoms with Crippen molar-refractivity contribution in [3.63, 3.8) is 0 Å². The fraction of sp³-hybridized carbons (Fsp3) is 0.300. The molecule has 1 atom stereocenters. The van der Waals surface area contributed by atoms with Gasteiger partial charge in [0.2, 0.25) is 0 Å². The number of carbonyl (C=O) groups is 2. The monoisotopic (exact) mass is 357 g/mol. The van der Waals surface area contributed by atoms with Gasteiger partial charge in [-0.3, -0.25) is 4.79 Å². The minimum atomic E-state index is -0.951. The van der Waals surface area contributed by atoms with Crippen molar-refractivity contribution >= 4 is 17.6 Å². The van der Waals surface area contributed by atoms with E-state index < -0.39 is 23.8 Å². The Bertz CT molecular complexity index is 804. The molecule has 0 heterocycles. The van der Waals surface area contributed by atoms with Crippen molar-refractivity contribution in [1.29, 1.82) is 0 Å². The summed E-state index contributed by atoms with van der Waals surface area (Å²) in [5, 5.41) is 2.76. The molecule has 0 saturated heterocycles. The van der Waals surface area contributed by atoms with Crippen molar-refractivity contribution < 1.29 is 23.5 Å². The van der Waals surface area contributed by atoms with Gasteiger partial charge >= 0.3 is 5.97 Å². The van der Waals surface area contributed by atoms with Crippen molar-refractivity contribution in [3.8, 4) is 5.75 Å². The Morgan fingerprint density at radius 2 is 1.85 bits per heavy atom.